The van der Waals surface area contributed by atoms with Crippen molar-refractivity contribution in [1.82, 2.24) is 4.98 Å². The molecule has 0 radical (unpaired) electrons. The fourth-order valence-electron chi connectivity index (χ4n) is 2.42. The van der Waals surface area contributed by atoms with Gasteiger partial charge in [0, 0.05) is 17.3 Å². The molecule has 3 aromatic rings. The summed E-state index contributed by atoms with van der Waals surface area (Å²) in [5.74, 6) is 0. The van der Waals surface area contributed by atoms with Crippen LogP contribution in [-0.2, 0) is 12.4 Å². The van der Waals surface area contributed by atoms with Crippen molar-refractivity contribution in [3.05, 3.63) is 65.9 Å². The lowest BCUT2D eigenvalue weighted by Gasteiger charge is -2.16. The van der Waals surface area contributed by atoms with E-state index < -0.39 is 23.5 Å². The number of hydrogen-bond donors (Lipinski definition) is 1. The van der Waals surface area contributed by atoms with E-state index >= 15 is 0 Å². The summed E-state index contributed by atoms with van der Waals surface area (Å²) < 4.78 is 77.6. The number of nitrogens with one attached hydrogen (secondary N) is 1. The van der Waals surface area contributed by atoms with Gasteiger partial charge in [0.05, 0.1) is 22.3 Å². The van der Waals surface area contributed by atoms with Gasteiger partial charge in [0.25, 0.3) is 0 Å². The number of anilines is 2. The summed E-state index contributed by atoms with van der Waals surface area (Å²) in [7, 11) is 0. The standard InChI is InChI=1S/C17H10F6N2/c18-16(19,20)10-5-6-11-13(7-8-24-15(11)9-10)25-14-4-2-1-3-12(14)17(21,22)23/h1-9H,(H,24,25). The lowest BCUT2D eigenvalue weighted by Crippen LogP contribution is -2.09. The lowest BCUT2D eigenvalue weighted by atomic mass is 10.1. The third-order valence-electron chi connectivity index (χ3n) is 3.57. The second-order valence-corrected chi connectivity index (χ2v) is 5.26. The van der Waals surface area contributed by atoms with Crippen LogP contribution < -0.4 is 5.32 Å². The maximum absolute atomic E-state index is 13.1. The minimum atomic E-state index is -4.56. The van der Waals surface area contributed by atoms with Gasteiger partial charge in [0.2, 0.25) is 0 Å². The number of hydrogen-bond acceptors (Lipinski definition) is 2. The number of pyridine rings is 1. The van der Waals surface area contributed by atoms with Gasteiger partial charge < -0.3 is 5.32 Å². The Morgan fingerprint density at radius 3 is 2.16 bits per heavy atom. The Kier molecular flexibility index (Phi) is 4.06. The monoisotopic (exact) mass is 356 g/mol. The molecular weight excluding hydrogens is 346 g/mol. The van der Waals surface area contributed by atoms with Gasteiger partial charge in [0.1, 0.15) is 0 Å². The summed E-state index contributed by atoms with van der Waals surface area (Å²) in [5.41, 5.74) is -1.67. The van der Waals surface area contributed by atoms with E-state index in [1.165, 1.54) is 36.5 Å². The zero-order chi connectivity index (χ0) is 18.2. The first-order valence-electron chi connectivity index (χ1n) is 7.05. The molecule has 0 amide bonds. The molecule has 3 rings (SSSR count). The molecule has 1 heterocycles. The van der Waals surface area contributed by atoms with Crippen LogP contribution >= 0.6 is 0 Å². The molecule has 1 aromatic heterocycles. The first-order valence-corrected chi connectivity index (χ1v) is 7.05. The van der Waals surface area contributed by atoms with Crippen LogP contribution in [0, 0.1) is 0 Å². The average Bonchev–Trinajstić information content (AvgIpc) is 2.53. The molecule has 0 aliphatic heterocycles. The molecule has 0 aliphatic rings. The Morgan fingerprint density at radius 2 is 1.48 bits per heavy atom. The van der Waals surface area contributed by atoms with Crippen molar-refractivity contribution in [2.24, 2.45) is 0 Å². The van der Waals surface area contributed by atoms with Crippen LogP contribution in [0.15, 0.2) is 54.7 Å². The Bertz CT molecular complexity index is 915. The van der Waals surface area contributed by atoms with E-state index in [1.54, 1.807) is 0 Å². The number of benzene rings is 2. The molecule has 8 heteroatoms. The van der Waals surface area contributed by atoms with Gasteiger partial charge in [-0.1, -0.05) is 18.2 Å². The number of aromatic nitrogens is 1. The van der Waals surface area contributed by atoms with Crippen LogP contribution in [-0.4, -0.2) is 4.98 Å². The molecule has 2 nitrogen and oxygen atoms in total. The maximum Gasteiger partial charge on any atom is 0.418 e. The predicted molar refractivity (Wildman–Crippen MR) is 81.5 cm³/mol. The van der Waals surface area contributed by atoms with Crippen LogP contribution in [0.3, 0.4) is 0 Å². The molecule has 0 unspecified atom stereocenters. The molecule has 0 saturated carbocycles. The number of rotatable bonds is 2. The molecule has 0 fully saturated rings. The summed E-state index contributed by atoms with van der Waals surface area (Å²) in [6.07, 6.45) is -7.85. The Hall–Kier alpha value is -2.77. The quantitative estimate of drug-likeness (QED) is 0.568. The minimum Gasteiger partial charge on any atom is -0.354 e. The third-order valence-corrected chi connectivity index (χ3v) is 3.57. The van der Waals surface area contributed by atoms with Crippen LogP contribution in [0.1, 0.15) is 11.1 Å². The van der Waals surface area contributed by atoms with E-state index in [9.17, 15) is 26.3 Å². The first kappa shape index (κ1) is 17.1. The summed E-state index contributed by atoms with van der Waals surface area (Å²) >= 11 is 0. The largest absolute Gasteiger partial charge is 0.418 e. The SMILES string of the molecule is FC(F)(F)c1ccc2c(Nc3ccccc3C(F)(F)F)ccnc2c1. The van der Waals surface area contributed by atoms with Gasteiger partial charge in [-0.2, -0.15) is 26.3 Å². The number of para-hydroxylation sites is 1. The highest BCUT2D eigenvalue weighted by molar-refractivity contribution is 5.93. The Labute approximate surface area is 138 Å². The number of nitrogens with zero attached hydrogens (tertiary/aromatic N) is 1. The topological polar surface area (TPSA) is 24.9 Å². The number of halogens is 6. The lowest BCUT2D eigenvalue weighted by molar-refractivity contribution is -0.138. The first-order chi connectivity index (χ1) is 11.7. The van der Waals surface area contributed by atoms with Gasteiger partial charge >= 0.3 is 12.4 Å². The summed E-state index contributed by atoms with van der Waals surface area (Å²) in [5, 5.41) is 2.92. The van der Waals surface area contributed by atoms with Crippen molar-refractivity contribution >= 4 is 22.3 Å². The van der Waals surface area contributed by atoms with Gasteiger partial charge in [-0.25, -0.2) is 0 Å². The normalized spacial score (nSPS) is 12.4. The van der Waals surface area contributed by atoms with E-state index in [4.69, 9.17) is 0 Å². The highest BCUT2D eigenvalue weighted by Crippen LogP contribution is 2.37. The van der Waals surface area contributed by atoms with Crippen molar-refractivity contribution < 1.29 is 26.3 Å². The Balaban J connectivity index is 2.07. The molecule has 2 aromatic carbocycles. The smallest absolute Gasteiger partial charge is 0.354 e. The molecule has 25 heavy (non-hydrogen) atoms. The Morgan fingerprint density at radius 1 is 0.760 bits per heavy atom. The van der Waals surface area contributed by atoms with E-state index in [1.807, 2.05) is 0 Å². The molecule has 0 aliphatic carbocycles. The molecule has 0 saturated heterocycles. The highest BCUT2D eigenvalue weighted by Gasteiger charge is 2.33. The second-order valence-electron chi connectivity index (χ2n) is 5.26. The molecule has 1 N–H and O–H groups in total. The molecular formula is C17H10F6N2. The van der Waals surface area contributed by atoms with Crippen molar-refractivity contribution in [3.8, 4) is 0 Å². The van der Waals surface area contributed by atoms with Gasteiger partial charge in [0.15, 0.2) is 0 Å². The van der Waals surface area contributed by atoms with Gasteiger partial charge in [-0.3, -0.25) is 4.98 Å². The van der Waals surface area contributed by atoms with Crippen molar-refractivity contribution in [2.75, 3.05) is 5.32 Å². The summed E-state index contributed by atoms with van der Waals surface area (Å²) in [6.45, 7) is 0. The molecule has 0 atom stereocenters. The third kappa shape index (κ3) is 3.52. The zero-order valence-corrected chi connectivity index (χ0v) is 12.4. The molecule has 130 valence electrons. The summed E-state index contributed by atoms with van der Waals surface area (Å²) in [4.78, 5) is 3.87. The van der Waals surface area contributed by atoms with Crippen molar-refractivity contribution in [2.45, 2.75) is 12.4 Å². The predicted octanol–water partition coefficient (Wildman–Crippen LogP) is 6.02. The minimum absolute atomic E-state index is 0.0318. The maximum atomic E-state index is 13.1. The van der Waals surface area contributed by atoms with Crippen molar-refractivity contribution in [3.63, 3.8) is 0 Å². The van der Waals surface area contributed by atoms with E-state index in [-0.39, 0.29) is 22.3 Å². The molecule has 0 spiro atoms. The second kappa shape index (κ2) is 5.94. The van der Waals surface area contributed by atoms with E-state index in [2.05, 4.69) is 10.3 Å². The van der Waals surface area contributed by atoms with Crippen LogP contribution in [0.5, 0.6) is 0 Å². The fourth-order valence-corrected chi connectivity index (χ4v) is 2.42. The number of alkyl halides is 6. The number of fused-ring (bicyclic) bond motifs is 1. The van der Waals surface area contributed by atoms with E-state index in [0.29, 0.717) is 0 Å². The highest BCUT2D eigenvalue weighted by atomic mass is 19.4. The van der Waals surface area contributed by atoms with Crippen LogP contribution in [0.4, 0.5) is 37.7 Å². The summed E-state index contributed by atoms with van der Waals surface area (Å²) in [6, 6.07) is 9.18. The van der Waals surface area contributed by atoms with Gasteiger partial charge in [-0.05, 0) is 30.3 Å². The fraction of sp³-hybridized carbons (Fsp3) is 0.118. The molecule has 0 bridgehead atoms. The van der Waals surface area contributed by atoms with Crippen LogP contribution in [0.25, 0.3) is 10.9 Å². The van der Waals surface area contributed by atoms with E-state index in [0.717, 1.165) is 18.2 Å². The zero-order valence-electron chi connectivity index (χ0n) is 12.4. The van der Waals surface area contributed by atoms with Crippen molar-refractivity contribution in [1.29, 1.82) is 0 Å². The van der Waals surface area contributed by atoms with Gasteiger partial charge in [-0.15, -0.1) is 0 Å². The average molecular weight is 356 g/mol. The van der Waals surface area contributed by atoms with Crippen LogP contribution in [0.2, 0.25) is 0 Å².